The minimum atomic E-state index is -3.30. The first-order valence-corrected chi connectivity index (χ1v) is 19.7. The molecular weight excluding hydrogens is 710 g/mol. The standard InChI is InChI=1S/C41H42FN4O7P/c1-3-50-54(49,51-4-2)28-44-22-24-45(25-23-44)41(48)53-38-33-16-11-21-43-36(33)39(52-37(30-12-7-5-8-13-30)31-14-9-6-10-15-31)35-34(38)27-46(40(35)47)26-29-17-19-32(42)20-18-29/h5-21,27,37,47H,3-4,22-26,28H2,1-2H3. The molecule has 13 heteroatoms. The normalized spacial score (nSPS) is 13.9. The van der Waals surface area contributed by atoms with Crippen LogP contribution in [0.25, 0.3) is 21.7 Å². The van der Waals surface area contributed by atoms with Crippen molar-refractivity contribution in [1.82, 2.24) is 19.4 Å². The molecule has 1 amide bonds. The van der Waals surface area contributed by atoms with Crippen LogP contribution in [-0.2, 0) is 20.2 Å². The fraction of sp³-hybridized carbons (Fsp3) is 0.268. The summed E-state index contributed by atoms with van der Waals surface area (Å²) in [6.07, 6.45) is 2.31. The molecule has 6 aromatic rings. The second-order valence-electron chi connectivity index (χ2n) is 12.9. The quantitative estimate of drug-likeness (QED) is 0.116. The molecule has 0 spiro atoms. The van der Waals surface area contributed by atoms with Crippen molar-refractivity contribution in [3.8, 4) is 17.4 Å². The van der Waals surface area contributed by atoms with Crippen molar-refractivity contribution in [3.05, 3.63) is 132 Å². The Morgan fingerprint density at radius 1 is 0.833 bits per heavy atom. The van der Waals surface area contributed by atoms with Crippen LogP contribution in [0, 0.1) is 5.82 Å². The van der Waals surface area contributed by atoms with Gasteiger partial charge in [0.25, 0.3) is 0 Å². The number of pyridine rings is 1. The van der Waals surface area contributed by atoms with Crippen molar-refractivity contribution in [3.63, 3.8) is 0 Å². The van der Waals surface area contributed by atoms with Crippen molar-refractivity contribution in [1.29, 1.82) is 0 Å². The topological polar surface area (TPSA) is 116 Å². The Morgan fingerprint density at radius 3 is 2.07 bits per heavy atom. The summed E-state index contributed by atoms with van der Waals surface area (Å²) in [7, 11) is -3.30. The Kier molecular flexibility index (Phi) is 11.3. The monoisotopic (exact) mass is 752 g/mol. The summed E-state index contributed by atoms with van der Waals surface area (Å²) in [4.78, 5) is 22.2. The summed E-state index contributed by atoms with van der Waals surface area (Å²) < 4.78 is 52.7. The Labute approximate surface area is 313 Å². The van der Waals surface area contributed by atoms with Crippen molar-refractivity contribution < 1.29 is 37.4 Å². The molecule has 3 heterocycles. The van der Waals surface area contributed by atoms with Crippen LogP contribution >= 0.6 is 7.60 Å². The molecule has 2 aromatic heterocycles. The molecule has 1 aliphatic rings. The van der Waals surface area contributed by atoms with Crippen molar-refractivity contribution in [2.45, 2.75) is 26.5 Å². The van der Waals surface area contributed by atoms with E-state index in [-0.39, 0.29) is 43.5 Å². The first-order valence-electron chi connectivity index (χ1n) is 18.0. The van der Waals surface area contributed by atoms with Crippen molar-refractivity contribution in [2.75, 3.05) is 45.7 Å². The number of carbonyl (C=O) groups is 1. The molecular formula is C41H42FN4O7P. The average molecular weight is 753 g/mol. The van der Waals surface area contributed by atoms with E-state index in [9.17, 15) is 18.9 Å². The van der Waals surface area contributed by atoms with Crippen LogP contribution in [0.2, 0.25) is 0 Å². The van der Waals surface area contributed by atoms with Gasteiger partial charge in [0.15, 0.2) is 11.5 Å². The number of aromatic nitrogens is 2. The van der Waals surface area contributed by atoms with Crippen LogP contribution in [-0.4, -0.2) is 76.2 Å². The number of aromatic hydroxyl groups is 1. The summed E-state index contributed by atoms with van der Waals surface area (Å²) in [6, 6.07) is 29.1. The molecule has 1 aliphatic heterocycles. The van der Waals surface area contributed by atoms with Gasteiger partial charge >= 0.3 is 13.7 Å². The number of hydrogen-bond donors (Lipinski definition) is 1. The van der Waals surface area contributed by atoms with Crippen molar-refractivity contribution >= 4 is 35.4 Å². The van der Waals surface area contributed by atoms with E-state index in [1.807, 2.05) is 71.6 Å². The maximum Gasteiger partial charge on any atom is 0.415 e. The molecule has 0 atom stereocenters. The van der Waals surface area contributed by atoms with E-state index in [2.05, 4.69) is 0 Å². The van der Waals surface area contributed by atoms with E-state index in [0.29, 0.717) is 53.6 Å². The van der Waals surface area contributed by atoms with Gasteiger partial charge in [-0.15, -0.1) is 0 Å². The minimum Gasteiger partial charge on any atom is -0.494 e. The molecule has 1 saturated heterocycles. The van der Waals surface area contributed by atoms with Crippen LogP contribution in [0.3, 0.4) is 0 Å². The Bertz CT molecular complexity index is 2210. The lowest BCUT2D eigenvalue weighted by atomic mass is 10.0. The largest absolute Gasteiger partial charge is 0.494 e. The van der Waals surface area contributed by atoms with Crippen LogP contribution in [0.4, 0.5) is 9.18 Å². The van der Waals surface area contributed by atoms with E-state index in [0.717, 1.165) is 16.7 Å². The molecule has 0 unspecified atom stereocenters. The van der Waals surface area contributed by atoms with E-state index >= 15 is 0 Å². The van der Waals surface area contributed by atoms with Crippen LogP contribution in [0.5, 0.6) is 17.4 Å². The lowest BCUT2D eigenvalue weighted by Gasteiger charge is -2.35. The number of fused-ring (bicyclic) bond motifs is 2. The highest BCUT2D eigenvalue weighted by Gasteiger charge is 2.32. The number of carbonyl (C=O) groups excluding carboxylic acids is 1. The molecule has 0 saturated carbocycles. The highest BCUT2D eigenvalue weighted by Crippen LogP contribution is 2.50. The Hall–Kier alpha value is -5.26. The minimum absolute atomic E-state index is 0.129. The van der Waals surface area contributed by atoms with Gasteiger partial charge in [0.05, 0.1) is 30.5 Å². The number of ether oxygens (including phenoxy) is 2. The number of halogens is 1. The van der Waals surface area contributed by atoms with E-state index in [4.69, 9.17) is 23.5 Å². The zero-order valence-corrected chi connectivity index (χ0v) is 31.0. The van der Waals surface area contributed by atoms with Crippen molar-refractivity contribution in [2.24, 2.45) is 0 Å². The Balaban J connectivity index is 1.28. The molecule has 11 nitrogen and oxygen atoms in total. The third kappa shape index (κ3) is 7.97. The maximum atomic E-state index is 13.9. The summed E-state index contributed by atoms with van der Waals surface area (Å²) >= 11 is 0. The summed E-state index contributed by atoms with van der Waals surface area (Å²) in [5.74, 6) is 0.0362. The maximum absolute atomic E-state index is 13.9. The molecule has 54 heavy (non-hydrogen) atoms. The van der Waals surface area contributed by atoms with Gasteiger partial charge in [0.1, 0.15) is 23.7 Å². The number of benzene rings is 4. The zero-order valence-electron chi connectivity index (χ0n) is 30.1. The highest BCUT2D eigenvalue weighted by atomic mass is 31.2. The Morgan fingerprint density at radius 2 is 1.46 bits per heavy atom. The third-order valence-electron chi connectivity index (χ3n) is 9.34. The summed E-state index contributed by atoms with van der Waals surface area (Å²) in [6.45, 7) is 5.82. The predicted molar refractivity (Wildman–Crippen MR) is 205 cm³/mol. The highest BCUT2D eigenvalue weighted by molar-refractivity contribution is 7.53. The van der Waals surface area contributed by atoms with Crippen LogP contribution in [0.1, 0.15) is 36.6 Å². The molecule has 1 N–H and O–H groups in total. The lowest BCUT2D eigenvalue weighted by molar-refractivity contribution is 0.113. The fourth-order valence-corrected chi connectivity index (χ4v) is 8.59. The predicted octanol–water partition coefficient (Wildman–Crippen LogP) is 8.59. The van der Waals surface area contributed by atoms with Gasteiger partial charge < -0.3 is 33.1 Å². The second-order valence-corrected chi connectivity index (χ2v) is 15.0. The van der Waals surface area contributed by atoms with Gasteiger partial charge in [-0.25, -0.2) is 9.18 Å². The van der Waals surface area contributed by atoms with Gasteiger partial charge in [-0.05, 0) is 54.8 Å². The van der Waals surface area contributed by atoms with Gasteiger partial charge in [0.2, 0.25) is 5.88 Å². The number of piperazine rings is 1. The smallest absolute Gasteiger partial charge is 0.415 e. The van der Waals surface area contributed by atoms with E-state index in [1.165, 1.54) is 12.1 Å². The summed E-state index contributed by atoms with van der Waals surface area (Å²) in [5.41, 5.74) is 2.92. The number of amides is 1. The van der Waals surface area contributed by atoms with Gasteiger partial charge in [-0.2, -0.15) is 0 Å². The van der Waals surface area contributed by atoms with Gasteiger partial charge in [-0.1, -0.05) is 72.8 Å². The lowest BCUT2D eigenvalue weighted by Crippen LogP contribution is -2.49. The number of nitrogens with zero attached hydrogens (tertiary/aromatic N) is 4. The first kappa shape index (κ1) is 37.1. The van der Waals surface area contributed by atoms with E-state index in [1.54, 1.807) is 53.9 Å². The molecule has 4 aromatic carbocycles. The molecule has 7 rings (SSSR count). The molecule has 0 aliphatic carbocycles. The summed E-state index contributed by atoms with van der Waals surface area (Å²) in [5, 5.41) is 13.3. The SMILES string of the molecule is CCOP(=O)(CN1CCN(C(=O)Oc2c3cccnc3c(OC(c3ccccc3)c3ccccc3)c3c(O)n(Cc4ccc(F)cc4)cc23)CC1)OCC. The molecule has 0 radical (unpaired) electrons. The first-order chi connectivity index (χ1) is 26.3. The van der Waals surface area contributed by atoms with Gasteiger partial charge in [-0.3, -0.25) is 14.4 Å². The third-order valence-corrected chi connectivity index (χ3v) is 11.4. The van der Waals surface area contributed by atoms with E-state index < -0.39 is 19.8 Å². The van der Waals surface area contributed by atoms with Crippen LogP contribution < -0.4 is 9.47 Å². The zero-order chi connectivity index (χ0) is 37.7. The van der Waals surface area contributed by atoms with Crippen LogP contribution in [0.15, 0.2) is 109 Å². The fourth-order valence-electron chi connectivity index (χ4n) is 6.79. The number of rotatable bonds is 13. The molecule has 280 valence electrons. The average Bonchev–Trinajstić information content (AvgIpc) is 3.51. The molecule has 0 bridgehead atoms. The number of hydrogen-bond acceptors (Lipinski definition) is 9. The molecule has 1 fully saturated rings. The van der Waals surface area contributed by atoms with Gasteiger partial charge in [0, 0.05) is 44.0 Å². The second kappa shape index (κ2) is 16.4.